The van der Waals surface area contributed by atoms with Crippen molar-refractivity contribution in [1.82, 2.24) is 20.0 Å². The molecule has 0 aliphatic rings. The molecule has 0 radical (unpaired) electrons. The summed E-state index contributed by atoms with van der Waals surface area (Å²) in [5.41, 5.74) is 6.46. The molecule has 96 valence electrons. The van der Waals surface area contributed by atoms with Crippen LogP contribution in [0.3, 0.4) is 0 Å². The van der Waals surface area contributed by atoms with E-state index in [0.29, 0.717) is 24.5 Å². The number of carbonyl (C=O) groups is 1. The maximum absolute atomic E-state index is 11.8. The number of rotatable bonds is 6. The van der Waals surface area contributed by atoms with Gasteiger partial charge in [-0.3, -0.25) is 9.48 Å². The minimum Gasteiger partial charge on any atom is -0.396 e. The summed E-state index contributed by atoms with van der Waals surface area (Å²) in [4.78, 5) is 13.8. The van der Waals surface area contributed by atoms with Crippen molar-refractivity contribution in [3.63, 3.8) is 0 Å². The smallest absolute Gasteiger partial charge is 0.273 e. The van der Waals surface area contributed by atoms with Crippen LogP contribution in [0.25, 0.3) is 0 Å². The van der Waals surface area contributed by atoms with E-state index in [2.05, 4.69) is 15.3 Å². The Bertz CT molecular complexity index is 372. The number of nitrogens with two attached hydrogens (primary N) is 1. The van der Waals surface area contributed by atoms with Gasteiger partial charge in [-0.05, 0) is 34.0 Å². The highest BCUT2D eigenvalue weighted by Crippen LogP contribution is 2.08. The van der Waals surface area contributed by atoms with Crippen molar-refractivity contribution < 1.29 is 4.79 Å². The average Bonchev–Trinajstić information content (AvgIpc) is 2.65. The highest BCUT2D eigenvalue weighted by molar-refractivity contribution is 5.96. The maximum Gasteiger partial charge on any atom is 0.273 e. The van der Waals surface area contributed by atoms with Gasteiger partial charge in [0.2, 0.25) is 0 Å². The zero-order chi connectivity index (χ0) is 12.8. The summed E-state index contributed by atoms with van der Waals surface area (Å²) in [7, 11) is 4.01. The third-order valence-electron chi connectivity index (χ3n) is 2.40. The van der Waals surface area contributed by atoms with Crippen LogP contribution >= 0.6 is 0 Å². The van der Waals surface area contributed by atoms with E-state index in [1.165, 1.54) is 0 Å². The third-order valence-corrected chi connectivity index (χ3v) is 2.40. The second kappa shape index (κ2) is 6.24. The van der Waals surface area contributed by atoms with Crippen LogP contribution in [0.15, 0.2) is 6.20 Å². The van der Waals surface area contributed by atoms with E-state index < -0.39 is 0 Å². The van der Waals surface area contributed by atoms with Crippen LogP contribution in [0, 0.1) is 0 Å². The number of anilines is 1. The Hall–Kier alpha value is -1.56. The van der Waals surface area contributed by atoms with Gasteiger partial charge in [0.25, 0.3) is 5.91 Å². The van der Waals surface area contributed by atoms with Gasteiger partial charge in [0, 0.05) is 19.3 Å². The van der Waals surface area contributed by atoms with Crippen LogP contribution in [0.1, 0.15) is 23.8 Å². The van der Waals surface area contributed by atoms with Gasteiger partial charge in [0.15, 0.2) is 5.69 Å². The summed E-state index contributed by atoms with van der Waals surface area (Å²) in [5, 5.41) is 6.92. The molecule has 0 bridgehead atoms. The summed E-state index contributed by atoms with van der Waals surface area (Å²) in [6.07, 6.45) is 2.59. The van der Waals surface area contributed by atoms with Crippen molar-refractivity contribution in [2.45, 2.75) is 19.9 Å². The van der Waals surface area contributed by atoms with E-state index >= 15 is 0 Å². The number of nitrogens with one attached hydrogen (secondary N) is 1. The van der Waals surface area contributed by atoms with Crippen molar-refractivity contribution >= 4 is 11.6 Å². The van der Waals surface area contributed by atoms with Crippen LogP contribution in [0.5, 0.6) is 0 Å². The lowest BCUT2D eigenvalue weighted by atomic mass is 10.3. The number of amides is 1. The third kappa shape index (κ3) is 4.07. The van der Waals surface area contributed by atoms with Crippen LogP contribution < -0.4 is 11.1 Å². The zero-order valence-corrected chi connectivity index (χ0v) is 10.7. The zero-order valence-electron chi connectivity index (χ0n) is 10.7. The number of aryl methyl sites for hydroxylation is 1. The van der Waals surface area contributed by atoms with Gasteiger partial charge in [-0.2, -0.15) is 5.10 Å². The van der Waals surface area contributed by atoms with Crippen molar-refractivity contribution in [3.8, 4) is 0 Å². The Balaban J connectivity index is 2.44. The molecule has 0 saturated heterocycles. The topological polar surface area (TPSA) is 76.2 Å². The minimum atomic E-state index is -0.201. The van der Waals surface area contributed by atoms with Crippen LogP contribution in [0.2, 0.25) is 0 Å². The Morgan fingerprint density at radius 2 is 2.29 bits per heavy atom. The van der Waals surface area contributed by atoms with E-state index in [0.717, 1.165) is 13.0 Å². The number of aromatic nitrogens is 2. The van der Waals surface area contributed by atoms with Crippen molar-refractivity contribution in [3.05, 3.63) is 11.9 Å². The number of nitrogens with zero attached hydrogens (tertiary/aromatic N) is 3. The van der Waals surface area contributed by atoms with Crippen LogP contribution in [-0.2, 0) is 6.54 Å². The molecule has 17 heavy (non-hydrogen) atoms. The highest BCUT2D eigenvalue weighted by atomic mass is 16.1. The fourth-order valence-electron chi connectivity index (χ4n) is 1.46. The molecule has 0 aliphatic carbocycles. The largest absolute Gasteiger partial charge is 0.396 e. The van der Waals surface area contributed by atoms with Gasteiger partial charge in [0.05, 0.1) is 5.69 Å². The molecule has 0 spiro atoms. The first-order valence-corrected chi connectivity index (χ1v) is 5.80. The van der Waals surface area contributed by atoms with Gasteiger partial charge < -0.3 is 16.0 Å². The molecule has 0 aromatic carbocycles. The van der Waals surface area contributed by atoms with E-state index in [1.54, 1.807) is 10.9 Å². The first-order valence-electron chi connectivity index (χ1n) is 5.80. The summed E-state index contributed by atoms with van der Waals surface area (Å²) in [5.74, 6) is -0.201. The Morgan fingerprint density at radius 3 is 2.82 bits per heavy atom. The standard InChI is InChI=1S/C11H21N5O/c1-4-16-8-9(12)10(14-16)11(17)13-6-5-7-15(2)3/h8H,4-7,12H2,1-3H3,(H,13,17). The van der Waals surface area contributed by atoms with Gasteiger partial charge in [-0.15, -0.1) is 0 Å². The lowest BCUT2D eigenvalue weighted by molar-refractivity contribution is 0.0947. The van der Waals surface area contributed by atoms with Gasteiger partial charge in [-0.25, -0.2) is 0 Å². The lowest BCUT2D eigenvalue weighted by Crippen LogP contribution is -2.28. The molecule has 1 amide bonds. The first kappa shape index (κ1) is 13.5. The number of hydrogen-bond acceptors (Lipinski definition) is 4. The normalized spacial score (nSPS) is 10.8. The summed E-state index contributed by atoms with van der Waals surface area (Å²) in [6, 6.07) is 0. The SMILES string of the molecule is CCn1cc(N)c(C(=O)NCCCN(C)C)n1. The minimum absolute atomic E-state index is 0.201. The molecule has 6 nitrogen and oxygen atoms in total. The van der Waals surface area contributed by atoms with Crippen LogP contribution in [0.4, 0.5) is 5.69 Å². The van der Waals surface area contributed by atoms with Crippen molar-refractivity contribution in [1.29, 1.82) is 0 Å². The van der Waals surface area contributed by atoms with E-state index in [-0.39, 0.29) is 5.91 Å². The fraction of sp³-hybridized carbons (Fsp3) is 0.636. The summed E-state index contributed by atoms with van der Waals surface area (Å²) < 4.78 is 1.66. The molecule has 3 N–H and O–H groups in total. The summed E-state index contributed by atoms with van der Waals surface area (Å²) in [6.45, 7) is 4.23. The predicted octanol–water partition coefficient (Wildman–Crippen LogP) is 0.167. The maximum atomic E-state index is 11.8. The molecule has 1 heterocycles. The molecule has 0 unspecified atom stereocenters. The predicted molar refractivity (Wildman–Crippen MR) is 67.8 cm³/mol. The summed E-state index contributed by atoms with van der Waals surface area (Å²) >= 11 is 0. The molecular formula is C11H21N5O. The van der Waals surface area contributed by atoms with E-state index in [4.69, 9.17) is 5.73 Å². The van der Waals surface area contributed by atoms with Crippen LogP contribution in [-0.4, -0.2) is 47.8 Å². The number of carbonyl (C=O) groups excluding carboxylic acids is 1. The van der Waals surface area contributed by atoms with E-state index in [1.807, 2.05) is 21.0 Å². The molecule has 0 fully saturated rings. The molecule has 0 aliphatic heterocycles. The molecule has 0 saturated carbocycles. The van der Waals surface area contributed by atoms with E-state index in [9.17, 15) is 4.79 Å². The molecular weight excluding hydrogens is 218 g/mol. The average molecular weight is 239 g/mol. The van der Waals surface area contributed by atoms with Gasteiger partial charge in [-0.1, -0.05) is 0 Å². The molecule has 6 heteroatoms. The quantitative estimate of drug-likeness (QED) is 0.694. The second-order valence-electron chi connectivity index (χ2n) is 4.20. The molecule has 1 aromatic rings. The number of hydrogen-bond donors (Lipinski definition) is 2. The first-order chi connectivity index (χ1) is 8.04. The fourth-order valence-corrected chi connectivity index (χ4v) is 1.46. The monoisotopic (exact) mass is 239 g/mol. The second-order valence-corrected chi connectivity index (χ2v) is 4.20. The lowest BCUT2D eigenvalue weighted by Gasteiger charge is -2.09. The molecule has 1 rings (SSSR count). The van der Waals surface area contributed by atoms with Crippen molar-refractivity contribution in [2.24, 2.45) is 0 Å². The molecule has 0 atom stereocenters. The van der Waals surface area contributed by atoms with Gasteiger partial charge >= 0.3 is 0 Å². The van der Waals surface area contributed by atoms with Crippen molar-refractivity contribution in [2.75, 3.05) is 32.9 Å². The Labute approximate surface area is 102 Å². The Morgan fingerprint density at radius 1 is 1.59 bits per heavy atom. The Kier molecular flexibility index (Phi) is 4.96. The highest BCUT2D eigenvalue weighted by Gasteiger charge is 2.13. The van der Waals surface area contributed by atoms with Gasteiger partial charge in [0.1, 0.15) is 0 Å². The number of nitrogen functional groups attached to an aromatic ring is 1. The molecule has 1 aromatic heterocycles.